The van der Waals surface area contributed by atoms with Gasteiger partial charge in [-0.15, -0.1) is 0 Å². The van der Waals surface area contributed by atoms with Crippen molar-refractivity contribution in [3.63, 3.8) is 0 Å². The molecule has 0 bridgehead atoms. The molecule has 0 radical (unpaired) electrons. The monoisotopic (exact) mass is 245 g/mol. The molecule has 1 unspecified atom stereocenters. The zero-order valence-corrected chi connectivity index (χ0v) is 9.78. The van der Waals surface area contributed by atoms with Gasteiger partial charge >= 0.3 is 0 Å². The van der Waals surface area contributed by atoms with E-state index in [0.717, 1.165) is 6.26 Å². The van der Waals surface area contributed by atoms with Gasteiger partial charge in [-0.1, -0.05) is 6.07 Å². The Hall–Kier alpha value is -1.11. The molecule has 0 saturated heterocycles. The van der Waals surface area contributed by atoms with Crippen molar-refractivity contribution in [2.45, 2.75) is 10.9 Å². The molecule has 1 aromatic carbocycles. The third-order valence-electron chi connectivity index (χ3n) is 1.93. The Morgan fingerprint density at radius 3 is 2.75 bits per heavy atom. The Balaban J connectivity index is 2.76. The number of aliphatic hydroxyl groups is 1. The molecule has 0 aliphatic heterocycles. The molecule has 90 valence electrons. The third-order valence-corrected chi connectivity index (χ3v) is 3.04. The average Bonchev–Trinajstić information content (AvgIpc) is 2.25. The minimum Gasteiger partial charge on any atom is -0.492 e. The maximum Gasteiger partial charge on any atom is 0.175 e. The van der Waals surface area contributed by atoms with Gasteiger partial charge in [-0.25, -0.2) is 8.42 Å². The zero-order chi connectivity index (χ0) is 12.2. The van der Waals surface area contributed by atoms with E-state index >= 15 is 0 Å². The lowest BCUT2D eigenvalue weighted by molar-refractivity contribution is 0.206. The van der Waals surface area contributed by atoms with Crippen molar-refractivity contribution in [3.8, 4) is 5.75 Å². The van der Waals surface area contributed by atoms with Gasteiger partial charge in [0.05, 0.1) is 17.5 Å². The third kappa shape index (κ3) is 3.80. The number of aliphatic hydroxyl groups excluding tert-OH is 1. The molecule has 0 heterocycles. The number of hydrogen-bond acceptors (Lipinski definition) is 5. The molecule has 5 nitrogen and oxygen atoms in total. The first kappa shape index (κ1) is 13.0. The van der Waals surface area contributed by atoms with Crippen molar-refractivity contribution < 1.29 is 18.3 Å². The lowest BCUT2D eigenvalue weighted by atomic mass is 10.3. The number of benzene rings is 1. The van der Waals surface area contributed by atoms with E-state index in [-0.39, 0.29) is 18.1 Å². The van der Waals surface area contributed by atoms with Crippen LogP contribution in [0.5, 0.6) is 5.75 Å². The minimum atomic E-state index is -3.23. The highest BCUT2D eigenvalue weighted by atomic mass is 32.2. The van der Waals surface area contributed by atoms with Gasteiger partial charge in [0.2, 0.25) is 0 Å². The fourth-order valence-corrected chi connectivity index (χ4v) is 1.71. The molecule has 1 aromatic rings. The van der Waals surface area contributed by atoms with E-state index in [0.29, 0.717) is 5.75 Å². The first-order chi connectivity index (χ1) is 7.43. The van der Waals surface area contributed by atoms with E-state index in [2.05, 4.69) is 0 Å². The van der Waals surface area contributed by atoms with Gasteiger partial charge in [-0.2, -0.15) is 0 Å². The highest BCUT2D eigenvalue weighted by Crippen LogP contribution is 2.17. The molecule has 0 amide bonds. The summed E-state index contributed by atoms with van der Waals surface area (Å²) in [4.78, 5) is 0.197. The maximum absolute atomic E-state index is 11.3. The topological polar surface area (TPSA) is 89.6 Å². The summed E-state index contributed by atoms with van der Waals surface area (Å²) in [7, 11) is -3.23. The summed E-state index contributed by atoms with van der Waals surface area (Å²) in [5, 5.41) is 8.70. The van der Waals surface area contributed by atoms with Crippen LogP contribution in [0.2, 0.25) is 0 Å². The second-order valence-electron chi connectivity index (χ2n) is 3.50. The summed E-state index contributed by atoms with van der Waals surface area (Å²) in [6, 6.07) is 5.68. The predicted molar refractivity (Wildman–Crippen MR) is 60.1 cm³/mol. The van der Waals surface area contributed by atoms with Gasteiger partial charge in [-0.3, -0.25) is 0 Å². The molecular weight excluding hydrogens is 230 g/mol. The second-order valence-corrected chi connectivity index (χ2v) is 5.52. The molecule has 1 atom stereocenters. The van der Waals surface area contributed by atoms with Crippen molar-refractivity contribution in [1.29, 1.82) is 0 Å². The van der Waals surface area contributed by atoms with Crippen LogP contribution >= 0.6 is 0 Å². The second kappa shape index (κ2) is 5.29. The van der Waals surface area contributed by atoms with E-state index < -0.39 is 15.9 Å². The van der Waals surface area contributed by atoms with Gasteiger partial charge in [0.25, 0.3) is 0 Å². The predicted octanol–water partition coefficient (Wildman–Crippen LogP) is -0.212. The molecule has 0 saturated carbocycles. The molecule has 16 heavy (non-hydrogen) atoms. The number of rotatable bonds is 5. The van der Waals surface area contributed by atoms with E-state index in [1.807, 2.05) is 0 Å². The maximum atomic E-state index is 11.3. The average molecular weight is 245 g/mol. The highest BCUT2D eigenvalue weighted by Gasteiger charge is 2.08. The van der Waals surface area contributed by atoms with Crippen LogP contribution in [0.15, 0.2) is 29.2 Å². The molecule has 1 rings (SSSR count). The first-order valence-electron chi connectivity index (χ1n) is 4.73. The lowest BCUT2D eigenvalue weighted by Crippen LogP contribution is -2.31. The molecule has 0 aliphatic rings. The molecule has 0 aromatic heterocycles. The van der Waals surface area contributed by atoms with Crippen LogP contribution in [0.3, 0.4) is 0 Å². The summed E-state index contributed by atoms with van der Waals surface area (Å²) in [6.07, 6.45) is 1.13. The van der Waals surface area contributed by atoms with E-state index in [1.165, 1.54) is 12.1 Å². The molecule has 0 aliphatic carbocycles. The number of ether oxygens (including phenoxy) is 1. The van der Waals surface area contributed by atoms with Crippen molar-refractivity contribution in [3.05, 3.63) is 24.3 Å². The SMILES string of the molecule is CS(=O)(=O)c1cccc(OCC(N)CO)c1. The van der Waals surface area contributed by atoms with Crippen molar-refractivity contribution in [2.75, 3.05) is 19.5 Å². The largest absolute Gasteiger partial charge is 0.492 e. The summed E-state index contributed by atoms with van der Waals surface area (Å²) >= 11 is 0. The summed E-state index contributed by atoms with van der Waals surface area (Å²) < 4.78 is 27.8. The Bertz CT molecular complexity index is 444. The molecule has 0 fully saturated rings. The van der Waals surface area contributed by atoms with Crippen LogP contribution in [-0.4, -0.2) is 39.0 Å². The quantitative estimate of drug-likeness (QED) is 0.749. The van der Waals surface area contributed by atoms with Crippen LogP contribution in [-0.2, 0) is 9.84 Å². The van der Waals surface area contributed by atoms with Gasteiger partial charge in [-0.05, 0) is 18.2 Å². The normalized spacial score (nSPS) is 13.4. The smallest absolute Gasteiger partial charge is 0.175 e. The lowest BCUT2D eigenvalue weighted by Gasteiger charge is -2.11. The van der Waals surface area contributed by atoms with Gasteiger partial charge in [0, 0.05) is 6.26 Å². The van der Waals surface area contributed by atoms with E-state index in [9.17, 15) is 8.42 Å². The number of sulfone groups is 1. The van der Waals surface area contributed by atoms with E-state index in [1.54, 1.807) is 12.1 Å². The Morgan fingerprint density at radius 1 is 1.50 bits per heavy atom. The zero-order valence-electron chi connectivity index (χ0n) is 8.96. The Kier molecular flexibility index (Phi) is 4.28. The first-order valence-corrected chi connectivity index (χ1v) is 6.62. The molecule has 6 heteroatoms. The fourth-order valence-electron chi connectivity index (χ4n) is 1.05. The standard InChI is InChI=1S/C10H15NO4S/c1-16(13,14)10-4-2-3-9(5-10)15-7-8(11)6-12/h2-5,8,12H,6-7,11H2,1H3. The minimum absolute atomic E-state index is 0.143. The van der Waals surface area contributed by atoms with Crippen LogP contribution in [0.25, 0.3) is 0 Å². The van der Waals surface area contributed by atoms with Crippen LogP contribution in [0.1, 0.15) is 0 Å². The van der Waals surface area contributed by atoms with Crippen LogP contribution < -0.4 is 10.5 Å². The summed E-state index contributed by atoms with van der Waals surface area (Å²) in [5.41, 5.74) is 5.45. The summed E-state index contributed by atoms with van der Waals surface area (Å²) in [5.74, 6) is 0.423. The number of hydrogen-bond donors (Lipinski definition) is 2. The van der Waals surface area contributed by atoms with Gasteiger partial charge in [0.15, 0.2) is 9.84 Å². The Labute approximate surface area is 94.8 Å². The van der Waals surface area contributed by atoms with Crippen molar-refractivity contribution >= 4 is 9.84 Å². The number of nitrogens with two attached hydrogens (primary N) is 1. The van der Waals surface area contributed by atoms with E-state index in [4.69, 9.17) is 15.6 Å². The molecule has 0 spiro atoms. The van der Waals surface area contributed by atoms with Crippen LogP contribution in [0, 0.1) is 0 Å². The van der Waals surface area contributed by atoms with Crippen molar-refractivity contribution in [2.24, 2.45) is 5.73 Å². The highest BCUT2D eigenvalue weighted by molar-refractivity contribution is 7.90. The Morgan fingerprint density at radius 2 is 2.19 bits per heavy atom. The van der Waals surface area contributed by atoms with Gasteiger partial charge < -0.3 is 15.6 Å². The molecular formula is C10H15NO4S. The van der Waals surface area contributed by atoms with Crippen LogP contribution in [0.4, 0.5) is 0 Å². The van der Waals surface area contributed by atoms with Gasteiger partial charge in [0.1, 0.15) is 12.4 Å². The molecule has 3 N–H and O–H groups in total. The fraction of sp³-hybridized carbons (Fsp3) is 0.400. The van der Waals surface area contributed by atoms with Crippen molar-refractivity contribution in [1.82, 2.24) is 0 Å². The summed E-state index contributed by atoms with van der Waals surface area (Å²) in [6.45, 7) is -0.0323.